The Kier molecular flexibility index (Phi) is 2.82. The Labute approximate surface area is 119 Å². The topological polar surface area (TPSA) is 50.2 Å². The molecule has 4 nitrogen and oxygen atoms in total. The second-order valence-corrected chi connectivity index (χ2v) is 5.51. The van der Waals surface area contributed by atoms with E-state index in [2.05, 4.69) is 48.2 Å². The average Bonchev–Trinajstić information content (AvgIpc) is 2.53. The van der Waals surface area contributed by atoms with Crippen LogP contribution in [0.4, 0.5) is 5.95 Å². The number of hydrogen-bond donors (Lipinski definition) is 1. The van der Waals surface area contributed by atoms with Gasteiger partial charge in [-0.2, -0.15) is 0 Å². The molecule has 20 heavy (non-hydrogen) atoms. The SMILES string of the molecule is CNc1ncc2c(n1)-c1ccccc1C(C)=NC2(C)C. The molecule has 1 aliphatic heterocycles. The van der Waals surface area contributed by atoms with Crippen molar-refractivity contribution in [3.63, 3.8) is 0 Å². The summed E-state index contributed by atoms with van der Waals surface area (Å²) in [5.74, 6) is 0.633. The van der Waals surface area contributed by atoms with Crippen molar-refractivity contribution in [1.82, 2.24) is 9.97 Å². The summed E-state index contributed by atoms with van der Waals surface area (Å²) in [6, 6.07) is 8.27. The molecule has 3 rings (SSSR count). The Morgan fingerprint density at radius 3 is 2.50 bits per heavy atom. The Morgan fingerprint density at radius 1 is 1.10 bits per heavy atom. The first kappa shape index (κ1) is 12.8. The van der Waals surface area contributed by atoms with Crippen LogP contribution in [0, 0.1) is 0 Å². The van der Waals surface area contributed by atoms with Gasteiger partial charge < -0.3 is 5.32 Å². The fraction of sp³-hybridized carbons (Fsp3) is 0.312. The Hall–Kier alpha value is -2.23. The van der Waals surface area contributed by atoms with E-state index in [-0.39, 0.29) is 5.54 Å². The summed E-state index contributed by atoms with van der Waals surface area (Å²) < 4.78 is 0. The molecule has 4 heteroatoms. The summed E-state index contributed by atoms with van der Waals surface area (Å²) in [6.07, 6.45) is 1.88. The number of rotatable bonds is 1. The maximum absolute atomic E-state index is 4.86. The first-order valence-corrected chi connectivity index (χ1v) is 6.74. The van der Waals surface area contributed by atoms with Crippen LogP contribution in [0.1, 0.15) is 31.9 Å². The summed E-state index contributed by atoms with van der Waals surface area (Å²) in [7, 11) is 1.83. The van der Waals surface area contributed by atoms with Gasteiger partial charge in [0, 0.05) is 35.6 Å². The third-order valence-corrected chi connectivity index (χ3v) is 3.69. The second kappa shape index (κ2) is 4.40. The number of anilines is 1. The van der Waals surface area contributed by atoms with Crippen molar-refractivity contribution in [3.05, 3.63) is 41.6 Å². The average molecular weight is 266 g/mol. The Morgan fingerprint density at radius 2 is 1.80 bits per heavy atom. The van der Waals surface area contributed by atoms with Crippen LogP contribution in [0.3, 0.4) is 0 Å². The first-order chi connectivity index (χ1) is 9.53. The number of benzene rings is 1. The lowest BCUT2D eigenvalue weighted by molar-refractivity contribution is 0.557. The van der Waals surface area contributed by atoms with Crippen LogP contribution in [0.25, 0.3) is 11.3 Å². The highest BCUT2D eigenvalue weighted by atomic mass is 15.1. The molecule has 0 saturated heterocycles. The number of nitrogens with one attached hydrogen (secondary N) is 1. The predicted molar refractivity (Wildman–Crippen MR) is 82.3 cm³/mol. The van der Waals surface area contributed by atoms with Crippen LogP contribution in [0.5, 0.6) is 0 Å². The maximum Gasteiger partial charge on any atom is 0.222 e. The van der Waals surface area contributed by atoms with Crippen molar-refractivity contribution in [2.24, 2.45) is 4.99 Å². The molecule has 0 amide bonds. The number of aliphatic imine (C=N–C) groups is 1. The molecule has 0 spiro atoms. The minimum Gasteiger partial charge on any atom is -0.357 e. The normalized spacial score (nSPS) is 15.7. The van der Waals surface area contributed by atoms with Crippen LogP contribution in [0.15, 0.2) is 35.5 Å². The van der Waals surface area contributed by atoms with Crippen LogP contribution in [-0.4, -0.2) is 22.7 Å². The van der Waals surface area contributed by atoms with Gasteiger partial charge in [0.25, 0.3) is 0 Å². The van der Waals surface area contributed by atoms with E-state index in [1.54, 1.807) is 0 Å². The summed E-state index contributed by atoms with van der Waals surface area (Å²) in [5, 5.41) is 3.01. The number of aromatic nitrogens is 2. The van der Waals surface area contributed by atoms with Crippen molar-refractivity contribution in [3.8, 4) is 11.3 Å². The largest absolute Gasteiger partial charge is 0.357 e. The van der Waals surface area contributed by atoms with Gasteiger partial charge in [-0.25, -0.2) is 9.97 Å². The molecule has 1 aliphatic rings. The number of nitrogens with zero attached hydrogens (tertiary/aromatic N) is 3. The molecule has 1 N–H and O–H groups in total. The summed E-state index contributed by atoms with van der Waals surface area (Å²) in [5.41, 5.74) is 4.99. The van der Waals surface area contributed by atoms with Gasteiger partial charge in [-0.05, 0) is 20.8 Å². The minimum absolute atomic E-state index is 0.329. The van der Waals surface area contributed by atoms with Crippen molar-refractivity contribution in [2.75, 3.05) is 12.4 Å². The van der Waals surface area contributed by atoms with E-state index in [1.807, 2.05) is 25.4 Å². The van der Waals surface area contributed by atoms with Crippen LogP contribution in [-0.2, 0) is 5.54 Å². The van der Waals surface area contributed by atoms with Gasteiger partial charge in [-0.1, -0.05) is 24.3 Å². The number of hydrogen-bond acceptors (Lipinski definition) is 4. The highest BCUT2D eigenvalue weighted by molar-refractivity contribution is 6.05. The molecule has 0 saturated carbocycles. The van der Waals surface area contributed by atoms with E-state index >= 15 is 0 Å². The van der Waals surface area contributed by atoms with Crippen molar-refractivity contribution in [1.29, 1.82) is 0 Å². The predicted octanol–water partition coefficient (Wildman–Crippen LogP) is 3.24. The van der Waals surface area contributed by atoms with E-state index in [0.29, 0.717) is 5.95 Å². The molecule has 0 bridgehead atoms. The lowest BCUT2D eigenvalue weighted by Gasteiger charge is -2.21. The zero-order chi connectivity index (χ0) is 14.3. The molecular formula is C16H18N4. The Balaban J connectivity index is 2.38. The third kappa shape index (κ3) is 1.88. The Bertz CT molecular complexity index is 701. The first-order valence-electron chi connectivity index (χ1n) is 6.74. The van der Waals surface area contributed by atoms with Crippen LogP contribution in [0.2, 0.25) is 0 Å². The van der Waals surface area contributed by atoms with Crippen LogP contribution >= 0.6 is 0 Å². The summed E-state index contributed by atoms with van der Waals surface area (Å²) >= 11 is 0. The standard InChI is InChI=1S/C16H18N4/c1-10-11-7-5-6-8-12(11)14-13(16(2,3)20-10)9-18-15(17-4)19-14/h5-9H,1-4H3,(H,17,18,19). The van der Waals surface area contributed by atoms with E-state index in [4.69, 9.17) is 4.99 Å². The highest BCUT2D eigenvalue weighted by Crippen LogP contribution is 2.38. The number of fused-ring (bicyclic) bond motifs is 3. The zero-order valence-electron chi connectivity index (χ0n) is 12.2. The lowest BCUT2D eigenvalue weighted by Crippen LogP contribution is -2.17. The van der Waals surface area contributed by atoms with E-state index in [1.165, 1.54) is 0 Å². The fourth-order valence-electron chi connectivity index (χ4n) is 2.70. The van der Waals surface area contributed by atoms with E-state index < -0.39 is 0 Å². The van der Waals surface area contributed by atoms with Crippen molar-refractivity contribution < 1.29 is 0 Å². The van der Waals surface area contributed by atoms with E-state index in [9.17, 15) is 0 Å². The van der Waals surface area contributed by atoms with Crippen molar-refractivity contribution in [2.45, 2.75) is 26.3 Å². The fourth-order valence-corrected chi connectivity index (χ4v) is 2.70. The van der Waals surface area contributed by atoms with Gasteiger partial charge in [0.15, 0.2) is 0 Å². The lowest BCUT2D eigenvalue weighted by atomic mass is 9.92. The van der Waals surface area contributed by atoms with Crippen molar-refractivity contribution >= 4 is 11.7 Å². The summed E-state index contributed by atoms with van der Waals surface area (Å²) in [4.78, 5) is 13.9. The van der Waals surface area contributed by atoms with Gasteiger partial charge >= 0.3 is 0 Å². The molecular weight excluding hydrogens is 248 g/mol. The smallest absolute Gasteiger partial charge is 0.222 e. The molecule has 1 aromatic carbocycles. The highest BCUT2D eigenvalue weighted by Gasteiger charge is 2.29. The molecule has 0 aliphatic carbocycles. The monoisotopic (exact) mass is 266 g/mol. The molecule has 0 fully saturated rings. The molecule has 102 valence electrons. The van der Waals surface area contributed by atoms with Gasteiger partial charge in [0.2, 0.25) is 5.95 Å². The molecule has 0 atom stereocenters. The molecule has 2 heterocycles. The van der Waals surface area contributed by atoms with Crippen LogP contribution < -0.4 is 5.32 Å². The van der Waals surface area contributed by atoms with E-state index in [0.717, 1.165) is 28.1 Å². The van der Waals surface area contributed by atoms with Gasteiger partial charge in [0.05, 0.1) is 11.2 Å². The van der Waals surface area contributed by atoms with Gasteiger partial charge in [-0.3, -0.25) is 4.99 Å². The molecule has 2 aromatic rings. The van der Waals surface area contributed by atoms with Gasteiger partial charge in [-0.15, -0.1) is 0 Å². The maximum atomic E-state index is 4.86. The minimum atomic E-state index is -0.329. The zero-order valence-corrected chi connectivity index (χ0v) is 12.2. The third-order valence-electron chi connectivity index (χ3n) is 3.69. The molecule has 1 aromatic heterocycles. The molecule has 0 unspecified atom stereocenters. The van der Waals surface area contributed by atoms with Gasteiger partial charge in [0.1, 0.15) is 0 Å². The summed E-state index contributed by atoms with van der Waals surface area (Å²) in [6.45, 7) is 6.26. The second-order valence-electron chi connectivity index (χ2n) is 5.51. The molecule has 0 radical (unpaired) electrons. The quantitative estimate of drug-likeness (QED) is 0.862.